The third kappa shape index (κ3) is 7.58. The molecule has 0 atom stereocenters. The molecule has 1 aliphatic heterocycles. The van der Waals surface area contributed by atoms with Crippen molar-refractivity contribution in [2.75, 3.05) is 40.3 Å². The molecular weight excluding hydrogens is 449 g/mol. The highest BCUT2D eigenvalue weighted by Crippen LogP contribution is 2.17. The number of guanidine groups is 1. The second-order valence-corrected chi connectivity index (χ2v) is 7.80. The van der Waals surface area contributed by atoms with Crippen molar-refractivity contribution in [3.05, 3.63) is 35.4 Å². The molecule has 1 aliphatic carbocycles. The van der Waals surface area contributed by atoms with E-state index in [0.29, 0.717) is 6.04 Å². The number of aliphatic imine (C=N–C) groups is 1. The average Bonchev–Trinajstić information content (AvgIpc) is 2.69. The Hall–Kier alpha value is -0.860. The average molecular weight is 485 g/mol. The molecule has 2 N–H and O–H groups in total. The largest absolute Gasteiger partial charge is 0.354 e. The Balaban J connectivity index is 0.00000261. The zero-order valence-corrected chi connectivity index (χ0v) is 19.2. The van der Waals surface area contributed by atoms with Crippen LogP contribution in [0.1, 0.15) is 43.2 Å². The van der Waals surface area contributed by atoms with Gasteiger partial charge in [0, 0.05) is 52.4 Å². The van der Waals surface area contributed by atoms with Crippen LogP contribution in [0.2, 0.25) is 0 Å². The van der Waals surface area contributed by atoms with E-state index in [2.05, 4.69) is 56.7 Å². The Labute approximate surface area is 182 Å². The van der Waals surface area contributed by atoms with Gasteiger partial charge in [-0.25, -0.2) is 0 Å². The summed E-state index contributed by atoms with van der Waals surface area (Å²) < 4.78 is 0. The topological polar surface area (TPSA) is 42.9 Å². The summed E-state index contributed by atoms with van der Waals surface area (Å²) in [7, 11) is 4.06. The molecule has 1 heterocycles. The van der Waals surface area contributed by atoms with Gasteiger partial charge in [0.15, 0.2) is 5.96 Å². The van der Waals surface area contributed by atoms with Gasteiger partial charge in [-0.05, 0) is 31.0 Å². The lowest BCUT2D eigenvalue weighted by atomic mass is 9.96. The van der Waals surface area contributed by atoms with Crippen molar-refractivity contribution in [1.29, 1.82) is 0 Å². The number of nitrogens with zero attached hydrogens (tertiary/aromatic N) is 3. The Morgan fingerprint density at radius 3 is 2.26 bits per heavy atom. The van der Waals surface area contributed by atoms with Crippen LogP contribution in [0.3, 0.4) is 0 Å². The van der Waals surface area contributed by atoms with Crippen molar-refractivity contribution in [3.63, 3.8) is 0 Å². The van der Waals surface area contributed by atoms with Gasteiger partial charge in [-0.3, -0.25) is 9.89 Å². The van der Waals surface area contributed by atoms with Gasteiger partial charge in [0.2, 0.25) is 0 Å². The number of likely N-dealkylation sites (N-methyl/N-ethyl adjacent to an activating group) is 1. The van der Waals surface area contributed by atoms with E-state index in [1.165, 1.54) is 69.4 Å². The first-order valence-corrected chi connectivity index (χ1v) is 10.2. The van der Waals surface area contributed by atoms with Crippen LogP contribution in [0, 0.1) is 0 Å². The molecule has 0 bridgehead atoms. The van der Waals surface area contributed by atoms with Crippen LogP contribution in [0.15, 0.2) is 29.3 Å². The van der Waals surface area contributed by atoms with Crippen molar-refractivity contribution in [1.82, 2.24) is 20.4 Å². The zero-order chi connectivity index (χ0) is 18.2. The van der Waals surface area contributed by atoms with Crippen LogP contribution in [0.4, 0.5) is 0 Å². The first-order valence-electron chi connectivity index (χ1n) is 10.2. The summed E-state index contributed by atoms with van der Waals surface area (Å²) >= 11 is 0. The number of piperazine rings is 1. The molecule has 152 valence electrons. The number of nitrogens with one attached hydrogen (secondary N) is 2. The Kier molecular flexibility index (Phi) is 9.86. The van der Waals surface area contributed by atoms with Gasteiger partial charge in [-0.1, -0.05) is 43.5 Å². The summed E-state index contributed by atoms with van der Waals surface area (Å²) in [5.41, 5.74) is 2.71. The van der Waals surface area contributed by atoms with Gasteiger partial charge in [0.05, 0.1) is 0 Å². The molecule has 2 aliphatic rings. The van der Waals surface area contributed by atoms with E-state index in [9.17, 15) is 0 Å². The van der Waals surface area contributed by atoms with E-state index in [4.69, 9.17) is 0 Å². The van der Waals surface area contributed by atoms with Crippen LogP contribution < -0.4 is 10.6 Å². The summed E-state index contributed by atoms with van der Waals surface area (Å²) in [4.78, 5) is 9.33. The fraction of sp³-hybridized carbons (Fsp3) is 0.667. The molecule has 6 heteroatoms. The Bertz CT molecular complexity index is 560. The van der Waals surface area contributed by atoms with Gasteiger partial charge in [0.1, 0.15) is 0 Å². The van der Waals surface area contributed by atoms with E-state index in [1.807, 2.05) is 7.05 Å². The monoisotopic (exact) mass is 485 g/mol. The van der Waals surface area contributed by atoms with Crippen LogP contribution in [-0.4, -0.2) is 62.1 Å². The maximum atomic E-state index is 4.38. The van der Waals surface area contributed by atoms with Crippen LogP contribution in [0.5, 0.6) is 0 Å². The first kappa shape index (κ1) is 22.4. The minimum Gasteiger partial charge on any atom is -0.354 e. The highest BCUT2D eigenvalue weighted by Gasteiger charge is 2.15. The van der Waals surface area contributed by atoms with E-state index in [0.717, 1.165) is 19.0 Å². The second-order valence-electron chi connectivity index (χ2n) is 7.80. The van der Waals surface area contributed by atoms with Gasteiger partial charge in [0.25, 0.3) is 0 Å². The molecule has 0 unspecified atom stereocenters. The molecular formula is C21H36IN5. The number of halogens is 1. The zero-order valence-electron chi connectivity index (χ0n) is 16.9. The summed E-state index contributed by atoms with van der Waals surface area (Å²) in [6, 6.07) is 9.61. The molecule has 5 nitrogen and oxygen atoms in total. The molecule has 3 rings (SSSR count). The molecule has 1 aromatic carbocycles. The van der Waals surface area contributed by atoms with Crippen molar-refractivity contribution in [2.45, 2.75) is 51.2 Å². The number of hydrogen-bond acceptors (Lipinski definition) is 3. The summed E-state index contributed by atoms with van der Waals surface area (Å²) in [5, 5.41) is 7.03. The van der Waals surface area contributed by atoms with Crippen molar-refractivity contribution in [3.8, 4) is 0 Å². The van der Waals surface area contributed by atoms with Crippen LogP contribution >= 0.6 is 24.0 Å². The lowest BCUT2D eigenvalue weighted by molar-refractivity contribution is 0.148. The normalized spacial score (nSPS) is 20.1. The van der Waals surface area contributed by atoms with E-state index >= 15 is 0 Å². The lowest BCUT2D eigenvalue weighted by Gasteiger charge is -2.32. The molecule has 1 saturated heterocycles. The Morgan fingerprint density at radius 1 is 1.00 bits per heavy atom. The quantitative estimate of drug-likeness (QED) is 0.383. The van der Waals surface area contributed by atoms with E-state index in [-0.39, 0.29) is 24.0 Å². The molecule has 1 saturated carbocycles. The number of rotatable bonds is 5. The van der Waals surface area contributed by atoms with Crippen LogP contribution in [-0.2, 0) is 13.1 Å². The minimum atomic E-state index is 0. The standard InChI is InChI=1S/C21H35N5.HI/c1-22-21(24-20-6-4-3-5-7-20)23-16-18-8-10-19(11-9-18)17-26-14-12-25(2)13-15-26;/h8-11,20H,3-7,12-17H2,1-2H3,(H2,22,23,24);1H. The lowest BCUT2D eigenvalue weighted by Crippen LogP contribution is -2.44. The molecule has 0 aromatic heterocycles. The Morgan fingerprint density at radius 2 is 1.63 bits per heavy atom. The summed E-state index contributed by atoms with van der Waals surface area (Å²) in [6.45, 7) is 6.57. The molecule has 2 fully saturated rings. The molecule has 0 amide bonds. The molecule has 0 spiro atoms. The predicted octanol–water partition coefficient (Wildman–Crippen LogP) is 3.05. The fourth-order valence-electron chi connectivity index (χ4n) is 3.85. The number of hydrogen-bond donors (Lipinski definition) is 2. The second kappa shape index (κ2) is 11.9. The smallest absolute Gasteiger partial charge is 0.191 e. The SMILES string of the molecule is CN=C(NCc1ccc(CN2CCN(C)CC2)cc1)NC1CCCCC1.I. The van der Waals surface area contributed by atoms with Gasteiger partial charge >= 0.3 is 0 Å². The van der Waals surface area contributed by atoms with Crippen LogP contribution in [0.25, 0.3) is 0 Å². The van der Waals surface area contributed by atoms with Crippen molar-refractivity contribution >= 4 is 29.9 Å². The highest BCUT2D eigenvalue weighted by molar-refractivity contribution is 14.0. The predicted molar refractivity (Wildman–Crippen MR) is 125 cm³/mol. The van der Waals surface area contributed by atoms with E-state index in [1.54, 1.807) is 0 Å². The third-order valence-corrected chi connectivity index (χ3v) is 5.65. The molecule has 1 aromatic rings. The maximum absolute atomic E-state index is 4.38. The molecule has 27 heavy (non-hydrogen) atoms. The van der Waals surface area contributed by atoms with Gasteiger partial charge < -0.3 is 15.5 Å². The van der Waals surface area contributed by atoms with Crippen molar-refractivity contribution in [2.24, 2.45) is 4.99 Å². The van der Waals surface area contributed by atoms with Gasteiger partial charge in [-0.15, -0.1) is 24.0 Å². The summed E-state index contributed by atoms with van der Waals surface area (Å²) in [6.07, 6.45) is 6.58. The van der Waals surface area contributed by atoms with Crippen molar-refractivity contribution < 1.29 is 0 Å². The van der Waals surface area contributed by atoms with E-state index < -0.39 is 0 Å². The minimum absolute atomic E-state index is 0. The maximum Gasteiger partial charge on any atom is 0.191 e. The summed E-state index contributed by atoms with van der Waals surface area (Å²) in [5.74, 6) is 0.929. The first-order chi connectivity index (χ1) is 12.7. The highest BCUT2D eigenvalue weighted by atomic mass is 127. The molecule has 0 radical (unpaired) electrons. The van der Waals surface area contributed by atoms with Gasteiger partial charge in [-0.2, -0.15) is 0 Å². The number of benzene rings is 1. The fourth-order valence-corrected chi connectivity index (χ4v) is 3.85. The third-order valence-electron chi connectivity index (χ3n) is 5.65.